The van der Waals surface area contributed by atoms with Crippen LogP contribution in [0.2, 0.25) is 0 Å². The molecule has 0 unspecified atom stereocenters. The summed E-state index contributed by atoms with van der Waals surface area (Å²) >= 11 is 3.02. The van der Waals surface area contributed by atoms with Crippen molar-refractivity contribution in [2.24, 2.45) is 0 Å². The summed E-state index contributed by atoms with van der Waals surface area (Å²) in [5.74, 6) is -0.264. The van der Waals surface area contributed by atoms with E-state index in [9.17, 15) is 18.0 Å². The number of aliphatic carboxylic acids is 1. The van der Waals surface area contributed by atoms with Crippen LogP contribution in [0.5, 0.6) is 0 Å². The van der Waals surface area contributed by atoms with Crippen LogP contribution in [0.15, 0.2) is 53.6 Å². The topological polar surface area (TPSA) is 66.0 Å². The third-order valence-corrected chi connectivity index (χ3v) is 7.20. The number of carboxylic acid groups (broad SMARTS) is 1. The lowest BCUT2D eigenvalue weighted by Crippen LogP contribution is -2.03. The summed E-state index contributed by atoms with van der Waals surface area (Å²) < 4.78 is 38.4. The van der Waals surface area contributed by atoms with Crippen molar-refractivity contribution in [3.63, 3.8) is 0 Å². The molecule has 0 atom stereocenters. The average Bonchev–Trinajstić information content (AvgIpc) is 3.31. The number of aromatic amines is 1. The summed E-state index contributed by atoms with van der Waals surface area (Å²) in [5.41, 5.74) is 2.47. The predicted molar refractivity (Wildman–Crippen MR) is 116 cm³/mol. The first-order valence-corrected chi connectivity index (χ1v) is 11.1. The van der Waals surface area contributed by atoms with Crippen molar-refractivity contribution in [2.75, 3.05) is 0 Å². The Kier molecular flexibility index (Phi) is 5.81. The van der Waals surface area contributed by atoms with Gasteiger partial charge in [-0.05, 0) is 42.8 Å². The maximum Gasteiger partial charge on any atom is 0.416 e. The molecule has 160 valence electrons. The number of alkyl halides is 3. The van der Waals surface area contributed by atoms with E-state index in [1.54, 1.807) is 11.8 Å². The number of carbonyl (C=O) groups is 1. The number of hydrogen-bond donors (Lipinski definition) is 2. The normalized spacial score (nSPS) is 11.9. The molecule has 0 bridgehead atoms. The quantitative estimate of drug-likeness (QED) is 0.320. The van der Waals surface area contributed by atoms with E-state index in [0.717, 1.165) is 44.1 Å². The van der Waals surface area contributed by atoms with E-state index in [4.69, 9.17) is 5.11 Å². The Balaban J connectivity index is 1.56. The number of nitrogens with zero attached hydrogens (tertiary/aromatic N) is 1. The smallest absolute Gasteiger partial charge is 0.416 e. The number of nitrogens with one attached hydrogen (secondary N) is 1. The van der Waals surface area contributed by atoms with E-state index < -0.39 is 17.7 Å². The number of thioether (sulfide) groups is 1. The number of aryl methyl sites for hydroxylation is 1. The van der Waals surface area contributed by atoms with E-state index >= 15 is 0 Å². The fourth-order valence-corrected chi connectivity index (χ4v) is 5.55. The van der Waals surface area contributed by atoms with Crippen LogP contribution in [0.3, 0.4) is 0 Å². The molecule has 31 heavy (non-hydrogen) atoms. The fraction of sp³-hybridized carbons (Fsp3) is 0.182. The molecule has 4 nitrogen and oxygen atoms in total. The number of halogens is 3. The van der Waals surface area contributed by atoms with E-state index in [-0.39, 0.29) is 6.42 Å². The third-order valence-electron chi connectivity index (χ3n) is 4.75. The SMILES string of the molecule is Cc1nc(-c2ccc(C(F)(F)F)cc2)sc1CSc1cc(CC(=O)O)cc2cc[nH]c12. The molecule has 0 radical (unpaired) electrons. The van der Waals surface area contributed by atoms with Gasteiger partial charge in [-0.3, -0.25) is 4.79 Å². The van der Waals surface area contributed by atoms with Crippen LogP contribution in [0.4, 0.5) is 13.2 Å². The second-order valence-electron chi connectivity index (χ2n) is 7.00. The molecule has 0 aliphatic heterocycles. The summed E-state index contributed by atoms with van der Waals surface area (Å²) in [6.45, 7) is 1.88. The van der Waals surface area contributed by atoms with Gasteiger partial charge < -0.3 is 10.1 Å². The van der Waals surface area contributed by atoms with Crippen LogP contribution in [0.1, 0.15) is 21.7 Å². The lowest BCUT2D eigenvalue weighted by atomic mass is 10.1. The van der Waals surface area contributed by atoms with Crippen molar-refractivity contribution in [2.45, 2.75) is 30.2 Å². The van der Waals surface area contributed by atoms with Crippen LogP contribution in [0, 0.1) is 6.92 Å². The largest absolute Gasteiger partial charge is 0.481 e. The number of carboxylic acids is 1. The fourth-order valence-electron chi connectivity index (χ4n) is 3.22. The van der Waals surface area contributed by atoms with Crippen LogP contribution >= 0.6 is 23.1 Å². The highest BCUT2D eigenvalue weighted by molar-refractivity contribution is 7.98. The molecular formula is C22H17F3N2O2S2. The van der Waals surface area contributed by atoms with Gasteiger partial charge in [-0.15, -0.1) is 23.1 Å². The molecule has 2 aromatic carbocycles. The van der Waals surface area contributed by atoms with Gasteiger partial charge >= 0.3 is 12.1 Å². The van der Waals surface area contributed by atoms with Crippen molar-refractivity contribution >= 4 is 40.0 Å². The number of H-pyrrole nitrogens is 1. The highest BCUT2D eigenvalue weighted by Crippen LogP contribution is 2.36. The Labute approximate surface area is 184 Å². The minimum Gasteiger partial charge on any atom is -0.481 e. The van der Waals surface area contributed by atoms with Gasteiger partial charge in [0.15, 0.2) is 0 Å². The van der Waals surface area contributed by atoms with Gasteiger partial charge in [0.05, 0.1) is 23.2 Å². The van der Waals surface area contributed by atoms with E-state index in [2.05, 4.69) is 9.97 Å². The Hall–Kier alpha value is -2.78. The third kappa shape index (κ3) is 4.77. The maximum atomic E-state index is 12.8. The standard InChI is InChI=1S/C22H17F3N2O2S2/c1-12-18(31-21(27-12)14-2-4-16(5-3-14)22(23,24)25)11-30-17-9-13(10-19(28)29)8-15-6-7-26-20(15)17/h2-9,26H,10-11H2,1H3,(H,28,29). The molecule has 0 aliphatic rings. The molecule has 0 spiro atoms. The molecule has 0 amide bonds. The van der Waals surface area contributed by atoms with E-state index in [1.165, 1.54) is 23.5 Å². The Morgan fingerprint density at radius 1 is 1.19 bits per heavy atom. The molecule has 0 fully saturated rings. The van der Waals surface area contributed by atoms with Gasteiger partial charge in [-0.2, -0.15) is 13.2 Å². The van der Waals surface area contributed by atoms with Crippen LogP contribution < -0.4 is 0 Å². The van der Waals surface area contributed by atoms with Crippen molar-refractivity contribution in [3.8, 4) is 10.6 Å². The summed E-state index contributed by atoms with van der Waals surface area (Å²) in [7, 11) is 0. The van der Waals surface area contributed by atoms with Crippen LogP contribution in [-0.2, 0) is 23.1 Å². The summed E-state index contributed by atoms with van der Waals surface area (Å²) in [4.78, 5) is 20.8. The summed E-state index contributed by atoms with van der Waals surface area (Å²) in [6, 6.07) is 10.7. The molecule has 0 saturated carbocycles. The zero-order valence-electron chi connectivity index (χ0n) is 16.3. The zero-order chi connectivity index (χ0) is 22.2. The van der Waals surface area contributed by atoms with Crippen molar-refractivity contribution < 1.29 is 23.1 Å². The average molecular weight is 463 g/mol. The Morgan fingerprint density at radius 2 is 1.94 bits per heavy atom. The van der Waals surface area contributed by atoms with Crippen LogP contribution in [0.25, 0.3) is 21.5 Å². The first-order valence-electron chi connectivity index (χ1n) is 9.29. The molecule has 4 rings (SSSR count). The number of benzene rings is 2. The van der Waals surface area contributed by atoms with Gasteiger partial charge in [-0.1, -0.05) is 12.1 Å². The predicted octanol–water partition coefficient (Wildman–Crippen LogP) is 6.54. The number of fused-ring (bicyclic) bond motifs is 1. The van der Waals surface area contributed by atoms with E-state index in [0.29, 0.717) is 16.3 Å². The highest BCUT2D eigenvalue weighted by atomic mass is 32.2. The second kappa shape index (κ2) is 8.39. The van der Waals surface area contributed by atoms with Gasteiger partial charge in [0.25, 0.3) is 0 Å². The zero-order valence-corrected chi connectivity index (χ0v) is 17.9. The summed E-state index contributed by atoms with van der Waals surface area (Å²) in [5, 5.41) is 10.7. The minimum absolute atomic E-state index is 0.0493. The number of rotatable bonds is 6. The Bertz CT molecular complexity index is 1240. The number of hydrogen-bond acceptors (Lipinski definition) is 4. The van der Waals surface area contributed by atoms with Gasteiger partial charge in [0.2, 0.25) is 0 Å². The van der Waals surface area contributed by atoms with Crippen molar-refractivity contribution in [1.29, 1.82) is 0 Å². The first-order chi connectivity index (χ1) is 14.7. The molecule has 2 aromatic heterocycles. The lowest BCUT2D eigenvalue weighted by Gasteiger charge is -2.06. The highest BCUT2D eigenvalue weighted by Gasteiger charge is 2.30. The van der Waals surface area contributed by atoms with E-state index in [1.807, 2.05) is 31.3 Å². The first kappa shape index (κ1) is 21.5. The van der Waals surface area contributed by atoms with Gasteiger partial charge in [0, 0.05) is 32.7 Å². The maximum absolute atomic E-state index is 12.8. The number of thiazole rings is 1. The molecule has 9 heteroatoms. The van der Waals surface area contributed by atoms with Crippen molar-refractivity contribution in [1.82, 2.24) is 9.97 Å². The van der Waals surface area contributed by atoms with Crippen LogP contribution in [-0.4, -0.2) is 21.0 Å². The minimum atomic E-state index is -4.36. The molecular weight excluding hydrogens is 445 g/mol. The van der Waals surface area contributed by atoms with Gasteiger partial charge in [0.1, 0.15) is 5.01 Å². The van der Waals surface area contributed by atoms with Crippen molar-refractivity contribution in [3.05, 3.63) is 70.4 Å². The monoisotopic (exact) mass is 462 g/mol. The molecule has 0 saturated heterocycles. The molecule has 2 heterocycles. The van der Waals surface area contributed by atoms with Gasteiger partial charge in [-0.25, -0.2) is 4.98 Å². The second-order valence-corrected chi connectivity index (χ2v) is 9.10. The molecule has 2 N–H and O–H groups in total. The molecule has 0 aliphatic carbocycles. The number of aromatic nitrogens is 2. The Morgan fingerprint density at radius 3 is 2.61 bits per heavy atom. The lowest BCUT2D eigenvalue weighted by molar-refractivity contribution is -0.138. The molecule has 4 aromatic rings. The summed E-state index contributed by atoms with van der Waals surface area (Å²) in [6.07, 6.45) is -2.59.